The Morgan fingerprint density at radius 2 is 1.55 bits per heavy atom. The maximum atomic E-state index is 12.5. The number of nitrogens with zero attached hydrogens (tertiary/aromatic N) is 3. The van der Waals surface area contributed by atoms with Gasteiger partial charge in [0.25, 0.3) is 0 Å². The Morgan fingerprint density at radius 1 is 0.935 bits per heavy atom. The number of aryl methyl sites for hydroxylation is 1. The summed E-state index contributed by atoms with van der Waals surface area (Å²) in [4.78, 5) is 23.2. The third kappa shape index (κ3) is 4.38. The molecule has 2 heterocycles. The minimum Gasteiger partial charge on any atom is -0.492 e. The summed E-state index contributed by atoms with van der Waals surface area (Å²) in [5.41, 5.74) is 6.25. The smallest absolute Gasteiger partial charge is 0.410 e. The molecule has 0 aliphatic carbocycles. The Morgan fingerprint density at radius 3 is 2.19 bits per heavy atom. The summed E-state index contributed by atoms with van der Waals surface area (Å²) in [5, 5.41) is 0. The molecule has 0 atom stereocenters. The van der Waals surface area contributed by atoms with Crippen LogP contribution in [0.25, 0.3) is 22.5 Å². The Kier molecular flexibility index (Phi) is 5.39. The van der Waals surface area contributed by atoms with Gasteiger partial charge in [-0.25, -0.2) is 14.8 Å². The topological polar surface area (TPSA) is 64.6 Å². The minimum absolute atomic E-state index is 0.300. The second-order valence-corrected chi connectivity index (χ2v) is 8.79. The van der Waals surface area contributed by atoms with E-state index in [0.29, 0.717) is 18.8 Å². The van der Waals surface area contributed by atoms with Crippen LogP contribution in [0.1, 0.15) is 37.5 Å². The van der Waals surface area contributed by atoms with Crippen LogP contribution in [-0.4, -0.2) is 33.7 Å². The molecule has 0 unspecified atom stereocenters. The summed E-state index contributed by atoms with van der Waals surface area (Å²) >= 11 is 0. The summed E-state index contributed by atoms with van der Waals surface area (Å²) in [6.07, 6.45) is 1.26. The second kappa shape index (κ2) is 8.02. The van der Waals surface area contributed by atoms with Crippen molar-refractivity contribution in [3.63, 3.8) is 0 Å². The van der Waals surface area contributed by atoms with Crippen LogP contribution >= 0.6 is 0 Å². The zero-order chi connectivity index (χ0) is 22.2. The van der Waals surface area contributed by atoms with E-state index in [0.717, 1.165) is 33.6 Å². The molecule has 160 valence electrons. The molecule has 31 heavy (non-hydrogen) atoms. The van der Waals surface area contributed by atoms with Gasteiger partial charge in [-0.3, -0.25) is 4.90 Å². The van der Waals surface area contributed by atoms with Crippen molar-refractivity contribution < 1.29 is 14.3 Å². The number of carbonyl (C=O) groups excluding carboxylic acids is 1. The first-order valence-electron chi connectivity index (χ1n) is 10.3. The van der Waals surface area contributed by atoms with E-state index in [2.05, 4.69) is 35.1 Å². The van der Waals surface area contributed by atoms with Gasteiger partial charge in [-0.05, 0) is 44.9 Å². The zero-order valence-electron chi connectivity index (χ0n) is 18.6. The predicted octanol–water partition coefficient (Wildman–Crippen LogP) is 5.38. The molecule has 0 radical (unpaired) electrons. The molecule has 1 aliphatic heterocycles. The summed E-state index contributed by atoms with van der Waals surface area (Å²) in [6.45, 7) is 8.73. The number of hydrogen-bond donors (Lipinski definition) is 0. The fourth-order valence-electron chi connectivity index (χ4n) is 3.69. The highest BCUT2D eigenvalue weighted by atomic mass is 16.6. The number of aromatic nitrogens is 2. The van der Waals surface area contributed by atoms with Crippen molar-refractivity contribution in [2.24, 2.45) is 0 Å². The van der Waals surface area contributed by atoms with Crippen molar-refractivity contribution in [2.75, 3.05) is 7.11 Å². The highest BCUT2D eigenvalue weighted by molar-refractivity contribution is 5.78. The maximum absolute atomic E-state index is 12.5. The van der Waals surface area contributed by atoms with Crippen LogP contribution in [0, 0.1) is 6.92 Å². The number of fused-ring (bicyclic) bond motifs is 1. The van der Waals surface area contributed by atoms with Crippen LogP contribution in [0.3, 0.4) is 0 Å². The van der Waals surface area contributed by atoms with Gasteiger partial charge in [0, 0.05) is 24.2 Å². The molecule has 3 aromatic rings. The largest absolute Gasteiger partial charge is 0.492 e. The van der Waals surface area contributed by atoms with Crippen LogP contribution in [0.2, 0.25) is 0 Å². The number of hydrogen-bond acceptors (Lipinski definition) is 5. The summed E-state index contributed by atoms with van der Waals surface area (Å²) in [5.74, 6) is 0.633. The minimum atomic E-state index is -0.516. The van der Waals surface area contributed by atoms with Crippen molar-refractivity contribution in [3.8, 4) is 28.3 Å². The Bertz CT molecular complexity index is 1120. The van der Waals surface area contributed by atoms with Gasteiger partial charge in [-0.1, -0.05) is 42.0 Å². The number of carbonyl (C=O) groups is 1. The van der Waals surface area contributed by atoms with Crippen LogP contribution in [0.15, 0.2) is 48.8 Å². The van der Waals surface area contributed by atoms with E-state index in [4.69, 9.17) is 9.47 Å². The molecule has 0 N–H and O–H groups in total. The van der Waals surface area contributed by atoms with Crippen molar-refractivity contribution >= 4 is 6.09 Å². The molecule has 6 nitrogen and oxygen atoms in total. The zero-order valence-corrected chi connectivity index (χ0v) is 18.6. The van der Waals surface area contributed by atoms with Crippen molar-refractivity contribution in [3.05, 3.63) is 65.5 Å². The fraction of sp³-hybridized carbons (Fsp3) is 0.320. The van der Waals surface area contributed by atoms with Gasteiger partial charge < -0.3 is 9.47 Å². The quantitative estimate of drug-likeness (QED) is 0.573. The van der Waals surface area contributed by atoms with Gasteiger partial charge in [0.05, 0.1) is 7.11 Å². The number of ether oxygens (including phenoxy) is 2. The third-order valence-electron chi connectivity index (χ3n) is 5.19. The number of rotatable bonds is 3. The average Bonchev–Trinajstić information content (AvgIpc) is 3.16. The van der Waals surface area contributed by atoms with Crippen LogP contribution in [-0.2, 0) is 17.8 Å². The van der Waals surface area contributed by atoms with E-state index in [1.54, 1.807) is 18.3 Å². The number of amides is 1. The molecule has 1 aliphatic rings. The molecule has 0 bridgehead atoms. The highest BCUT2D eigenvalue weighted by Crippen LogP contribution is 2.37. The van der Waals surface area contributed by atoms with Gasteiger partial charge in [-0.2, -0.15) is 0 Å². The lowest BCUT2D eigenvalue weighted by Crippen LogP contribution is -2.33. The molecule has 0 saturated carbocycles. The molecule has 1 amide bonds. The maximum Gasteiger partial charge on any atom is 0.410 e. The summed E-state index contributed by atoms with van der Waals surface area (Å²) in [6, 6.07) is 14.3. The Hall–Kier alpha value is -3.41. The first kappa shape index (κ1) is 20.8. The Labute approximate surface area is 182 Å². The van der Waals surface area contributed by atoms with Gasteiger partial charge in [0.2, 0.25) is 0 Å². The molecule has 0 fully saturated rings. The highest BCUT2D eigenvalue weighted by Gasteiger charge is 2.28. The van der Waals surface area contributed by atoms with Crippen LogP contribution in [0.5, 0.6) is 5.75 Å². The molecule has 2 aromatic carbocycles. The first-order valence-corrected chi connectivity index (χ1v) is 10.3. The lowest BCUT2D eigenvalue weighted by Gasteiger charge is -2.24. The standard InChI is InChI=1S/C25H27N3O3/c1-16-6-8-17(9-7-16)21-23(30-5)22(27-15-26-21)18-10-11-19-13-28(14-20(19)12-18)24(29)31-25(2,3)4/h6-12,15H,13-14H2,1-5H3. The fourth-order valence-corrected chi connectivity index (χ4v) is 3.69. The number of methoxy groups -OCH3 is 1. The second-order valence-electron chi connectivity index (χ2n) is 8.79. The van der Waals surface area contributed by atoms with E-state index < -0.39 is 5.60 Å². The van der Waals surface area contributed by atoms with E-state index in [-0.39, 0.29) is 6.09 Å². The van der Waals surface area contributed by atoms with Gasteiger partial charge >= 0.3 is 6.09 Å². The predicted molar refractivity (Wildman–Crippen MR) is 120 cm³/mol. The van der Waals surface area contributed by atoms with Crippen molar-refractivity contribution in [2.45, 2.75) is 46.4 Å². The van der Waals surface area contributed by atoms with Gasteiger partial charge in [-0.15, -0.1) is 0 Å². The molecular formula is C25H27N3O3. The molecular weight excluding hydrogens is 390 g/mol. The SMILES string of the molecule is COc1c(-c2ccc(C)cc2)ncnc1-c1ccc2c(c1)CN(C(=O)OC(C)(C)C)C2. The molecule has 0 saturated heterocycles. The van der Waals surface area contributed by atoms with Crippen LogP contribution < -0.4 is 4.74 Å². The van der Waals surface area contributed by atoms with Gasteiger partial charge in [0.1, 0.15) is 23.3 Å². The van der Waals surface area contributed by atoms with Crippen LogP contribution in [0.4, 0.5) is 4.79 Å². The molecule has 0 spiro atoms. The van der Waals surface area contributed by atoms with E-state index in [9.17, 15) is 4.79 Å². The monoisotopic (exact) mass is 417 g/mol. The molecule has 1 aromatic heterocycles. The summed E-state index contributed by atoms with van der Waals surface area (Å²) in [7, 11) is 1.64. The lowest BCUT2D eigenvalue weighted by molar-refractivity contribution is 0.0242. The first-order chi connectivity index (χ1) is 14.7. The van der Waals surface area contributed by atoms with E-state index in [1.165, 1.54) is 5.56 Å². The normalized spacial score (nSPS) is 13.1. The Balaban J connectivity index is 1.66. The third-order valence-corrected chi connectivity index (χ3v) is 5.19. The van der Waals surface area contributed by atoms with Gasteiger partial charge in [0.15, 0.2) is 5.75 Å². The van der Waals surface area contributed by atoms with E-state index >= 15 is 0 Å². The number of benzene rings is 2. The summed E-state index contributed by atoms with van der Waals surface area (Å²) < 4.78 is 11.3. The van der Waals surface area contributed by atoms with Crippen molar-refractivity contribution in [1.29, 1.82) is 0 Å². The average molecular weight is 418 g/mol. The molecule has 6 heteroatoms. The van der Waals surface area contributed by atoms with E-state index in [1.807, 2.05) is 45.0 Å². The molecule has 4 rings (SSSR count). The van der Waals surface area contributed by atoms with Crippen molar-refractivity contribution in [1.82, 2.24) is 14.9 Å². The lowest BCUT2D eigenvalue weighted by atomic mass is 10.0.